The summed E-state index contributed by atoms with van der Waals surface area (Å²) in [4.78, 5) is 10.7. The number of dihydropyridines is 1. The molecule has 0 saturated carbocycles. The van der Waals surface area contributed by atoms with Gasteiger partial charge in [0.2, 0.25) is 5.66 Å². The molecular formula is C6H11N5O2. The molecule has 1 unspecified atom stereocenters. The van der Waals surface area contributed by atoms with Gasteiger partial charge in [0, 0.05) is 0 Å². The van der Waals surface area contributed by atoms with Crippen LogP contribution in [0.15, 0.2) is 23.3 Å². The van der Waals surface area contributed by atoms with Gasteiger partial charge in [0.1, 0.15) is 5.82 Å². The molecule has 0 bridgehead atoms. The summed E-state index contributed by atoms with van der Waals surface area (Å²) in [6, 6.07) is 0. The van der Waals surface area contributed by atoms with Gasteiger partial charge in [-0.25, -0.2) is 4.79 Å². The second-order valence-electron chi connectivity index (χ2n) is 2.71. The van der Waals surface area contributed by atoms with E-state index >= 15 is 0 Å². The van der Waals surface area contributed by atoms with Crippen molar-refractivity contribution in [1.82, 2.24) is 5.32 Å². The Kier molecular flexibility index (Phi) is 1.81. The van der Waals surface area contributed by atoms with Gasteiger partial charge in [-0.05, 0) is 6.08 Å². The van der Waals surface area contributed by atoms with Crippen LogP contribution < -0.4 is 28.3 Å². The molecule has 0 saturated heterocycles. The summed E-state index contributed by atoms with van der Waals surface area (Å²) >= 11 is 0. The largest absolute Gasteiger partial charge is 0.478 e. The van der Waals surface area contributed by atoms with Gasteiger partial charge >= 0.3 is 5.97 Å². The van der Waals surface area contributed by atoms with E-state index in [-0.39, 0.29) is 17.2 Å². The third-order valence-electron chi connectivity index (χ3n) is 1.75. The number of nitrogens with one attached hydrogen (secondary N) is 1. The zero-order chi connectivity index (χ0) is 10.2. The number of nitrogens with two attached hydrogens (primary N) is 4. The van der Waals surface area contributed by atoms with Crippen molar-refractivity contribution in [1.29, 1.82) is 0 Å². The number of carboxylic acid groups (broad SMARTS) is 1. The maximum Gasteiger partial charge on any atom is 0.350 e. The summed E-state index contributed by atoms with van der Waals surface area (Å²) in [5.41, 5.74) is 19.8. The molecule has 0 spiro atoms. The number of carboxylic acids is 1. The van der Waals surface area contributed by atoms with E-state index in [2.05, 4.69) is 5.32 Å². The zero-order valence-electron chi connectivity index (χ0n) is 6.74. The topological polar surface area (TPSA) is 153 Å². The van der Waals surface area contributed by atoms with Crippen LogP contribution in [0.1, 0.15) is 0 Å². The molecule has 7 heteroatoms. The fourth-order valence-electron chi connectivity index (χ4n) is 0.893. The number of carbonyl (C=O) groups is 1. The summed E-state index contributed by atoms with van der Waals surface area (Å²) in [5, 5.41) is 11.1. The summed E-state index contributed by atoms with van der Waals surface area (Å²) < 4.78 is 0. The number of allylic oxidation sites excluding steroid dienone is 1. The fraction of sp³-hybridized carbons (Fsp3) is 0.167. The third-order valence-corrected chi connectivity index (χ3v) is 1.75. The van der Waals surface area contributed by atoms with Gasteiger partial charge in [-0.15, -0.1) is 0 Å². The first kappa shape index (κ1) is 9.20. The Morgan fingerprint density at radius 1 is 1.46 bits per heavy atom. The van der Waals surface area contributed by atoms with Gasteiger partial charge in [0.25, 0.3) is 0 Å². The molecule has 1 heterocycles. The maximum absolute atomic E-state index is 10.7. The minimum atomic E-state index is -1.87. The number of hydrogen-bond donors (Lipinski definition) is 6. The van der Waals surface area contributed by atoms with Crippen molar-refractivity contribution in [3.05, 3.63) is 23.3 Å². The van der Waals surface area contributed by atoms with Crippen molar-refractivity contribution in [3.8, 4) is 0 Å². The van der Waals surface area contributed by atoms with Crippen LogP contribution in [0, 0.1) is 0 Å². The van der Waals surface area contributed by atoms with Crippen LogP contribution in [0.25, 0.3) is 0 Å². The molecule has 0 fully saturated rings. The predicted molar refractivity (Wildman–Crippen MR) is 45.4 cm³/mol. The lowest BCUT2D eigenvalue weighted by molar-refractivity contribution is -0.142. The second-order valence-corrected chi connectivity index (χ2v) is 2.71. The molecular weight excluding hydrogens is 174 g/mol. The van der Waals surface area contributed by atoms with Crippen LogP contribution in [-0.2, 0) is 4.79 Å². The van der Waals surface area contributed by atoms with E-state index < -0.39 is 11.6 Å². The second kappa shape index (κ2) is 2.56. The molecule has 0 radical (unpaired) electrons. The van der Waals surface area contributed by atoms with Crippen molar-refractivity contribution in [2.45, 2.75) is 5.66 Å². The van der Waals surface area contributed by atoms with Crippen molar-refractivity contribution in [2.75, 3.05) is 0 Å². The first-order valence-electron chi connectivity index (χ1n) is 3.41. The predicted octanol–water partition coefficient (Wildman–Crippen LogP) is -2.74. The highest BCUT2D eigenvalue weighted by atomic mass is 16.4. The average molecular weight is 185 g/mol. The molecule has 0 aliphatic carbocycles. The van der Waals surface area contributed by atoms with Crippen LogP contribution in [0.2, 0.25) is 0 Å². The minimum Gasteiger partial charge on any atom is -0.478 e. The number of rotatable bonds is 1. The molecule has 1 atom stereocenters. The van der Waals surface area contributed by atoms with Crippen molar-refractivity contribution < 1.29 is 9.90 Å². The molecule has 0 aromatic heterocycles. The van der Waals surface area contributed by atoms with E-state index in [1.807, 2.05) is 0 Å². The SMILES string of the molecule is NC1=CC(N)=C(N)NC1(N)C(=O)O. The van der Waals surface area contributed by atoms with Crippen LogP contribution in [0.4, 0.5) is 0 Å². The molecule has 72 valence electrons. The van der Waals surface area contributed by atoms with E-state index in [9.17, 15) is 4.79 Å². The maximum atomic E-state index is 10.7. The van der Waals surface area contributed by atoms with Gasteiger partial charge in [0.15, 0.2) is 0 Å². The summed E-state index contributed by atoms with van der Waals surface area (Å²) in [7, 11) is 0. The highest BCUT2D eigenvalue weighted by Crippen LogP contribution is 2.14. The van der Waals surface area contributed by atoms with Crippen molar-refractivity contribution >= 4 is 5.97 Å². The molecule has 1 aliphatic heterocycles. The Morgan fingerprint density at radius 2 is 2.00 bits per heavy atom. The number of hydrogen-bond acceptors (Lipinski definition) is 6. The first-order chi connectivity index (χ1) is 5.88. The smallest absolute Gasteiger partial charge is 0.350 e. The van der Waals surface area contributed by atoms with Gasteiger partial charge in [-0.1, -0.05) is 0 Å². The summed E-state index contributed by atoms with van der Waals surface area (Å²) in [5.74, 6) is -1.32. The monoisotopic (exact) mass is 185 g/mol. The Bertz CT molecular complexity index is 321. The molecule has 10 N–H and O–H groups in total. The lowest BCUT2D eigenvalue weighted by Gasteiger charge is -2.31. The van der Waals surface area contributed by atoms with Gasteiger partial charge in [0.05, 0.1) is 11.4 Å². The lowest BCUT2D eigenvalue weighted by atomic mass is 10.0. The molecule has 0 aromatic rings. The highest BCUT2D eigenvalue weighted by molar-refractivity contribution is 5.83. The lowest BCUT2D eigenvalue weighted by Crippen LogP contribution is -2.64. The van der Waals surface area contributed by atoms with Crippen molar-refractivity contribution in [3.63, 3.8) is 0 Å². The molecule has 13 heavy (non-hydrogen) atoms. The first-order valence-corrected chi connectivity index (χ1v) is 3.41. The Balaban J connectivity index is 3.13. The van der Waals surface area contributed by atoms with E-state index in [1.54, 1.807) is 0 Å². The van der Waals surface area contributed by atoms with Crippen LogP contribution >= 0.6 is 0 Å². The molecule has 1 rings (SSSR count). The van der Waals surface area contributed by atoms with Crippen LogP contribution in [-0.4, -0.2) is 16.7 Å². The highest BCUT2D eigenvalue weighted by Gasteiger charge is 2.39. The quantitative estimate of drug-likeness (QED) is 0.259. The van der Waals surface area contributed by atoms with Gasteiger partial charge in [-0.3, -0.25) is 5.73 Å². The van der Waals surface area contributed by atoms with E-state index in [0.29, 0.717) is 0 Å². The molecule has 0 aromatic carbocycles. The average Bonchev–Trinajstić information content (AvgIpc) is 2.01. The van der Waals surface area contributed by atoms with Crippen LogP contribution in [0.3, 0.4) is 0 Å². The zero-order valence-corrected chi connectivity index (χ0v) is 6.74. The Labute approximate surface area is 74.0 Å². The Hall–Kier alpha value is -1.89. The summed E-state index contributed by atoms with van der Waals surface area (Å²) in [6.45, 7) is 0. The summed E-state index contributed by atoms with van der Waals surface area (Å²) in [6.07, 6.45) is 1.22. The Morgan fingerprint density at radius 3 is 2.46 bits per heavy atom. The van der Waals surface area contributed by atoms with E-state index in [1.165, 1.54) is 6.08 Å². The van der Waals surface area contributed by atoms with Crippen LogP contribution in [0.5, 0.6) is 0 Å². The third kappa shape index (κ3) is 1.25. The minimum absolute atomic E-state index is 0.000833. The van der Waals surface area contributed by atoms with E-state index in [4.69, 9.17) is 28.0 Å². The normalized spacial score (nSPS) is 27.9. The van der Waals surface area contributed by atoms with Crippen molar-refractivity contribution in [2.24, 2.45) is 22.9 Å². The molecule has 1 aliphatic rings. The van der Waals surface area contributed by atoms with Gasteiger partial charge < -0.3 is 27.6 Å². The molecule has 7 nitrogen and oxygen atoms in total. The van der Waals surface area contributed by atoms with E-state index in [0.717, 1.165) is 0 Å². The standard InChI is InChI=1S/C6H11N5O2/c7-2-1-3(8)6(10,5(12)13)11-4(2)9/h1,11H,7-10H2,(H,12,13). The van der Waals surface area contributed by atoms with Gasteiger partial charge in [-0.2, -0.15) is 0 Å². The molecule has 0 amide bonds. The fourth-order valence-corrected chi connectivity index (χ4v) is 0.893. The number of aliphatic carboxylic acids is 1.